The maximum atomic E-state index is 13.6. The molecule has 1 heterocycles. The van der Waals surface area contributed by atoms with Crippen molar-refractivity contribution in [1.29, 1.82) is 0 Å². The van der Waals surface area contributed by atoms with Gasteiger partial charge in [0.25, 0.3) is 5.91 Å². The van der Waals surface area contributed by atoms with Crippen LogP contribution in [-0.4, -0.2) is 66.0 Å². The van der Waals surface area contributed by atoms with Crippen molar-refractivity contribution in [2.45, 2.75) is 95.3 Å². The first-order chi connectivity index (χ1) is 20.2. The van der Waals surface area contributed by atoms with E-state index in [9.17, 15) is 28.8 Å². The summed E-state index contributed by atoms with van der Waals surface area (Å²) in [5.41, 5.74) is 0.496. The fourth-order valence-electron chi connectivity index (χ4n) is 6.26. The molecule has 0 radical (unpaired) electrons. The van der Waals surface area contributed by atoms with Crippen LogP contribution in [0.5, 0.6) is 0 Å². The van der Waals surface area contributed by atoms with Gasteiger partial charge in [0.15, 0.2) is 0 Å². The molecule has 4 atom stereocenters. The Hall–Kier alpha value is -3.76. The van der Waals surface area contributed by atoms with Crippen LogP contribution < -0.4 is 26.6 Å². The molecule has 1 aromatic carbocycles. The lowest BCUT2D eigenvalue weighted by atomic mass is 9.44. The third kappa shape index (κ3) is 6.82. The Bertz CT molecular complexity index is 1210. The molecule has 2 bridgehead atoms. The molecule has 6 rings (SSSR count). The second-order valence-corrected chi connectivity index (χ2v) is 12.5. The van der Waals surface area contributed by atoms with Crippen molar-refractivity contribution in [3.05, 3.63) is 35.9 Å². The molecular formula is C31H41N5O6. The molecule has 0 aromatic heterocycles. The van der Waals surface area contributed by atoms with Gasteiger partial charge in [-0.1, -0.05) is 43.7 Å². The molecule has 5 N–H and O–H groups in total. The Morgan fingerprint density at radius 2 is 1.57 bits per heavy atom. The highest BCUT2D eigenvalue weighted by Gasteiger charge is 2.61. The summed E-state index contributed by atoms with van der Waals surface area (Å²) < 4.78 is 0. The Morgan fingerprint density at radius 3 is 2.14 bits per heavy atom. The van der Waals surface area contributed by atoms with Gasteiger partial charge < -0.3 is 26.6 Å². The first kappa shape index (κ1) is 29.7. The van der Waals surface area contributed by atoms with Crippen LogP contribution in [-0.2, 0) is 35.2 Å². The zero-order valence-corrected chi connectivity index (χ0v) is 24.1. The first-order valence-electron chi connectivity index (χ1n) is 15.3. The number of hydrogen-bond donors (Lipinski definition) is 5. The van der Waals surface area contributed by atoms with E-state index in [1.54, 1.807) is 0 Å². The Morgan fingerprint density at radius 1 is 0.905 bits per heavy atom. The fourth-order valence-corrected chi connectivity index (χ4v) is 6.26. The molecule has 1 aromatic rings. The molecule has 11 nitrogen and oxygen atoms in total. The quantitative estimate of drug-likeness (QED) is 0.192. The number of hydrogen-bond acceptors (Lipinski definition) is 6. The van der Waals surface area contributed by atoms with E-state index in [0.29, 0.717) is 25.3 Å². The highest BCUT2D eigenvalue weighted by atomic mass is 16.2. The minimum Gasteiger partial charge on any atom is -0.356 e. The molecule has 1 aliphatic heterocycles. The average molecular weight is 580 g/mol. The van der Waals surface area contributed by atoms with E-state index in [0.717, 1.165) is 37.7 Å². The van der Waals surface area contributed by atoms with Crippen molar-refractivity contribution in [3.8, 4) is 0 Å². The van der Waals surface area contributed by atoms with Gasteiger partial charge in [-0.05, 0) is 62.8 Å². The minimum atomic E-state index is -1.20. The fraction of sp³-hybridized carbons (Fsp3) is 0.613. The Kier molecular flexibility index (Phi) is 8.93. The summed E-state index contributed by atoms with van der Waals surface area (Å²) >= 11 is 0. The second-order valence-electron chi connectivity index (χ2n) is 12.5. The van der Waals surface area contributed by atoms with Gasteiger partial charge in [-0.15, -0.1) is 0 Å². The number of rotatable bonds is 15. The van der Waals surface area contributed by atoms with Gasteiger partial charge in [0.2, 0.25) is 29.4 Å². The largest absolute Gasteiger partial charge is 0.356 e. The number of carbonyl (C=O) groups excluding carboxylic acids is 6. The normalized spacial score (nSPS) is 25.9. The van der Waals surface area contributed by atoms with Crippen molar-refractivity contribution >= 4 is 35.3 Å². The van der Waals surface area contributed by atoms with Crippen molar-refractivity contribution in [2.75, 3.05) is 6.54 Å². The third-order valence-electron chi connectivity index (χ3n) is 9.09. The lowest BCUT2D eigenvalue weighted by Gasteiger charge is -2.60. The van der Waals surface area contributed by atoms with Gasteiger partial charge in [-0.25, -0.2) is 0 Å². The number of carbonyl (C=O) groups is 6. The van der Waals surface area contributed by atoms with Gasteiger partial charge in [-0.3, -0.25) is 28.8 Å². The summed E-state index contributed by atoms with van der Waals surface area (Å²) in [6, 6.07) is 6.24. The number of ketones is 1. The van der Waals surface area contributed by atoms with Crippen LogP contribution in [0.1, 0.15) is 70.3 Å². The minimum absolute atomic E-state index is 0.00293. The molecule has 0 unspecified atom stereocenters. The van der Waals surface area contributed by atoms with Crippen molar-refractivity contribution in [2.24, 2.45) is 17.3 Å². The molecule has 5 aliphatic rings. The summed E-state index contributed by atoms with van der Waals surface area (Å²) in [6.45, 7) is 2.34. The molecule has 11 heteroatoms. The Balaban J connectivity index is 1.27. The topological polar surface area (TPSA) is 163 Å². The lowest BCUT2D eigenvalue weighted by molar-refractivity contribution is -0.166. The molecule has 226 valence electrons. The zero-order valence-electron chi connectivity index (χ0n) is 24.1. The molecule has 0 spiro atoms. The number of nitrogens with one attached hydrogen (secondary N) is 5. The van der Waals surface area contributed by atoms with Gasteiger partial charge in [0, 0.05) is 30.3 Å². The highest BCUT2D eigenvalue weighted by Crippen LogP contribution is 2.64. The molecule has 5 amide bonds. The number of amides is 5. The predicted octanol–water partition coefficient (Wildman–Crippen LogP) is 0.658. The van der Waals surface area contributed by atoms with Crippen molar-refractivity contribution in [3.63, 3.8) is 0 Å². The molecule has 5 fully saturated rings. The van der Waals surface area contributed by atoms with E-state index < -0.39 is 47.5 Å². The third-order valence-corrected chi connectivity index (χ3v) is 9.09. The van der Waals surface area contributed by atoms with Crippen LogP contribution in [0.2, 0.25) is 0 Å². The van der Waals surface area contributed by atoms with Crippen LogP contribution >= 0.6 is 0 Å². The van der Waals surface area contributed by atoms with Gasteiger partial charge >= 0.3 is 0 Å². The van der Waals surface area contributed by atoms with Crippen LogP contribution in [0.25, 0.3) is 0 Å². The highest BCUT2D eigenvalue weighted by molar-refractivity contribution is 6.38. The van der Waals surface area contributed by atoms with Crippen LogP contribution in [0.15, 0.2) is 30.3 Å². The van der Waals surface area contributed by atoms with E-state index in [4.69, 9.17) is 0 Å². The second kappa shape index (κ2) is 12.6. The summed E-state index contributed by atoms with van der Waals surface area (Å²) in [5, 5.41) is 13.8. The summed E-state index contributed by atoms with van der Waals surface area (Å²) in [7, 11) is 0. The van der Waals surface area contributed by atoms with Gasteiger partial charge in [0.1, 0.15) is 12.1 Å². The van der Waals surface area contributed by atoms with Gasteiger partial charge in [-0.2, -0.15) is 0 Å². The smallest absolute Gasteiger partial charge is 0.289 e. The molecular weight excluding hydrogens is 538 g/mol. The summed E-state index contributed by atoms with van der Waals surface area (Å²) in [5.74, 6) is -2.92. The van der Waals surface area contributed by atoms with Crippen molar-refractivity contribution < 1.29 is 28.8 Å². The number of Topliss-reactive ketones (excluding diaryl/α,β-unsaturated/α-hetero) is 1. The van der Waals surface area contributed by atoms with Crippen LogP contribution in [0.4, 0.5) is 0 Å². The standard InChI is InChI=1S/C31H41N5O6/c1-2-6-22(27(39)35-23(14-20-11-12-32-26(20)38)25(37)29(41)33-21-9-10-21)34-28(40)24(13-18-7-4-3-5-8-18)36-30(42)31-15-19(16-31)17-31/h3-5,7-8,19-24H,2,6,9-17H2,1H3,(H,32,38)(H,33,41)(H,34,40)(H,35,39)(H,36,42)/t19?,20-,22-,23-,24+,31?/m0/s1. The van der Waals surface area contributed by atoms with E-state index >= 15 is 0 Å². The average Bonchev–Trinajstić information content (AvgIpc) is 3.64. The van der Waals surface area contributed by atoms with E-state index in [-0.39, 0.29) is 42.5 Å². The SMILES string of the molecule is CCC[C@H](NC(=O)[C@@H](Cc1ccccc1)NC(=O)C12CC(C1)C2)C(=O)N[C@@H](C[C@@H]1CCNC1=O)C(=O)C(=O)NC1CC1. The van der Waals surface area contributed by atoms with E-state index in [1.807, 2.05) is 37.3 Å². The molecule has 4 aliphatic carbocycles. The lowest BCUT2D eigenvalue weighted by Crippen LogP contribution is -2.64. The van der Waals surface area contributed by atoms with Crippen LogP contribution in [0.3, 0.4) is 0 Å². The molecule has 42 heavy (non-hydrogen) atoms. The monoisotopic (exact) mass is 579 g/mol. The number of benzene rings is 1. The van der Waals surface area contributed by atoms with E-state index in [1.165, 1.54) is 0 Å². The van der Waals surface area contributed by atoms with Gasteiger partial charge in [0.05, 0.1) is 6.04 Å². The maximum Gasteiger partial charge on any atom is 0.289 e. The molecule has 4 saturated carbocycles. The zero-order chi connectivity index (χ0) is 29.9. The Labute approximate surface area is 245 Å². The predicted molar refractivity (Wildman–Crippen MR) is 153 cm³/mol. The first-order valence-corrected chi connectivity index (χ1v) is 15.3. The van der Waals surface area contributed by atoms with Crippen molar-refractivity contribution in [1.82, 2.24) is 26.6 Å². The van der Waals surface area contributed by atoms with Crippen LogP contribution in [0, 0.1) is 17.3 Å². The van der Waals surface area contributed by atoms with E-state index in [2.05, 4.69) is 26.6 Å². The summed E-state index contributed by atoms with van der Waals surface area (Å²) in [4.78, 5) is 78.2. The maximum absolute atomic E-state index is 13.6. The molecule has 1 saturated heterocycles. The summed E-state index contributed by atoms with van der Waals surface area (Å²) in [6.07, 6.45) is 5.75.